The molecule has 1 heterocycles. The number of likely N-dealkylation sites (N-methyl/N-ethyl adjacent to an activating group) is 1. The van der Waals surface area contributed by atoms with Gasteiger partial charge < -0.3 is 14.6 Å². The molecule has 0 radical (unpaired) electrons. The van der Waals surface area contributed by atoms with Crippen LogP contribution in [0.3, 0.4) is 0 Å². The summed E-state index contributed by atoms with van der Waals surface area (Å²) in [6.07, 6.45) is 1.65. The summed E-state index contributed by atoms with van der Waals surface area (Å²) in [5, 5.41) is 2.75. The number of hydrogen-bond donors (Lipinski definition) is 1. The van der Waals surface area contributed by atoms with Crippen LogP contribution >= 0.6 is 0 Å². The van der Waals surface area contributed by atoms with E-state index in [0.717, 1.165) is 16.7 Å². The molecule has 0 saturated heterocycles. The van der Waals surface area contributed by atoms with Gasteiger partial charge in [-0.2, -0.15) is 0 Å². The summed E-state index contributed by atoms with van der Waals surface area (Å²) in [6.45, 7) is 4.91. The first-order chi connectivity index (χ1) is 16.5. The maximum Gasteiger partial charge on any atom is 0.252 e. The summed E-state index contributed by atoms with van der Waals surface area (Å²) in [5.41, 5.74) is 4.09. The molecule has 0 saturated carbocycles. The minimum atomic E-state index is -0.352. The summed E-state index contributed by atoms with van der Waals surface area (Å²) in [7, 11) is 0. The number of aryl methyl sites for hydroxylation is 1. The maximum absolute atomic E-state index is 13.0. The molecule has 0 bridgehead atoms. The van der Waals surface area contributed by atoms with E-state index in [1.54, 1.807) is 29.3 Å². The van der Waals surface area contributed by atoms with Gasteiger partial charge in [0.05, 0.1) is 18.3 Å². The minimum absolute atomic E-state index is 0.0892. The molecule has 0 aliphatic rings. The van der Waals surface area contributed by atoms with Crippen molar-refractivity contribution < 1.29 is 14.0 Å². The predicted octanol–water partition coefficient (Wildman–Crippen LogP) is 5.10. The fourth-order valence-electron chi connectivity index (χ4n) is 3.66. The van der Waals surface area contributed by atoms with E-state index >= 15 is 0 Å². The molecule has 0 spiro atoms. The monoisotopic (exact) mass is 453 g/mol. The van der Waals surface area contributed by atoms with Gasteiger partial charge in [0, 0.05) is 24.2 Å². The van der Waals surface area contributed by atoms with Gasteiger partial charge in [0.25, 0.3) is 5.91 Å². The molecule has 3 aromatic carbocycles. The molecule has 1 N–H and O–H groups in total. The number of hydrogen-bond acceptors (Lipinski definition) is 4. The number of nitrogens with zero attached hydrogens (tertiary/aromatic N) is 2. The van der Waals surface area contributed by atoms with E-state index in [-0.39, 0.29) is 18.4 Å². The Morgan fingerprint density at radius 2 is 1.65 bits per heavy atom. The number of oxazole rings is 1. The third-order valence-electron chi connectivity index (χ3n) is 5.59. The molecule has 1 aromatic heterocycles. The van der Waals surface area contributed by atoms with Crippen molar-refractivity contribution in [2.45, 2.75) is 20.4 Å². The number of carbonyl (C=O) groups is 2. The van der Waals surface area contributed by atoms with Crippen LogP contribution in [0.5, 0.6) is 0 Å². The summed E-state index contributed by atoms with van der Waals surface area (Å²) in [5.74, 6) is 0.483. The van der Waals surface area contributed by atoms with Gasteiger partial charge in [-0.15, -0.1) is 0 Å². The molecule has 172 valence electrons. The Hall–Kier alpha value is -4.19. The Balaban J connectivity index is 1.45. The quantitative estimate of drug-likeness (QED) is 0.403. The van der Waals surface area contributed by atoms with Crippen molar-refractivity contribution >= 4 is 11.8 Å². The lowest BCUT2D eigenvalue weighted by atomic mass is 10.1. The number of carbonyl (C=O) groups excluding carboxylic acids is 2. The average Bonchev–Trinajstić information content (AvgIpc) is 3.37. The van der Waals surface area contributed by atoms with Gasteiger partial charge in [0.1, 0.15) is 0 Å². The van der Waals surface area contributed by atoms with Crippen LogP contribution in [0.1, 0.15) is 28.4 Å². The van der Waals surface area contributed by atoms with E-state index in [0.29, 0.717) is 35.9 Å². The Morgan fingerprint density at radius 3 is 2.38 bits per heavy atom. The second-order valence-electron chi connectivity index (χ2n) is 8.02. The van der Waals surface area contributed by atoms with Gasteiger partial charge in [0.15, 0.2) is 5.76 Å². The Labute approximate surface area is 199 Å². The van der Waals surface area contributed by atoms with Gasteiger partial charge in [0.2, 0.25) is 11.8 Å². The van der Waals surface area contributed by atoms with Crippen LogP contribution in [0.2, 0.25) is 0 Å². The van der Waals surface area contributed by atoms with E-state index in [9.17, 15) is 9.59 Å². The summed E-state index contributed by atoms with van der Waals surface area (Å²) in [6, 6.07) is 24.8. The second-order valence-corrected chi connectivity index (χ2v) is 8.02. The van der Waals surface area contributed by atoms with Crippen LogP contribution in [0.15, 0.2) is 89.5 Å². The molecule has 0 aliphatic carbocycles. The molecule has 6 heteroatoms. The van der Waals surface area contributed by atoms with Crippen molar-refractivity contribution in [3.8, 4) is 22.8 Å². The maximum atomic E-state index is 13.0. The number of rotatable bonds is 8. The van der Waals surface area contributed by atoms with Crippen molar-refractivity contribution in [1.82, 2.24) is 15.2 Å². The number of amides is 2. The molecule has 2 amide bonds. The topological polar surface area (TPSA) is 75.4 Å². The van der Waals surface area contributed by atoms with Crippen molar-refractivity contribution in [2.24, 2.45) is 0 Å². The normalized spacial score (nSPS) is 10.6. The average molecular weight is 454 g/mol. The third-order valence-corrected chi connectivity index (χ3v) is 5.59. The van der Waals surface area contributed by atoms with Crippen LogP contribution in [0.4, 0.5) is 0 Å². The number of aromatic nitrogens is 1. The van der Waals surface area contributed by atoms with Gasteiger partial charge in [-0.3, -0.25) is 9.59 Å². The molecular formula is C28H27N3O3. The lowest BCUT2D eigenvalue weighted by Gasteiger charge is -2.21. The van der Waals surface area contributed by atoms with Crippen LogP contribution in [-0.4, -0.2) is 34.8 Å². The summed E-state index contributed by atoms with van der Waals surface area (Å²) >= 11 is 0. The van der Waals surface area contributed by atoms with E-state index in [1.807, 2.05) is 74.5 Å². The highest BCUT2D eigenvalue weighted by molar-refractivity contribution is 6.01. The lowest BCUT2D eigenvalue weighted by molar-refractivity contribution is -0.130. The lowest BCUT2D eigenvalue weighted by Crippen LogP contribution is -2.39. The smallest absolute Gasteiger partial charge is 0.252 e. The second kappa shape index (κ2) is 10.6. The first-order valence-corrected chi connectivity index (χ1v) is 11.3. The Bertz CT molecular complexity index is 1260. The Kier molecular flexibility index (Phi) is 7.18. The van der Waals surface area contributed by atoms with Crippen molar-refractivity contribution in [3.63, 3.8) is 0 Å². The van der Waals surface area contributed by atoms with Crippen LogP contribution in [-0.2, 0) is 11.3 Å². The first-order valence-electron chi connectivity index (χ1n) is 11.3. The van der Waals surface area contributed by atoms with E-state index in [4.69, 9.17) is 4.42 Å². The Morgan fingerprint density at radius 1 is 0.941 bits per heavy atom. The molecule has 34 heavy (non-hydrogen) atoms. The third kappa shape index (κ3) is 5.41. The minimum Gasteiger partial charge on any atom is -0.436 e. The van der Waals surface area contributed by atoms with Crippen molar-refractivity contribution in [2.75, 3.05) is 13.1 Å². The van der Waals surface area contributed by atoms with Crippen molar-refractivity contribution in [1.29, 1.82) is 0 Å². The zero-order chi connectivity index (χ0) is 23.9. The van der Waals surface area contributed by atoms with E-state index in [2.05, 4.69) is 10.3 Å². The zero-order valence-corrected chi connectivity index (χ0v) is 19.3. The SMILES string of the molecule is CCN(Cc1ccccc1)C(=O)CNC(=O)c1ccccc1-c1ncc(-c2ccc(C)cc2)o1. The van der Waals surface area contributed by atoms with Crippen LogP contribution < -0.4 is 5.32 Å². The number of nitrogens with one attached hydrogen (secondary N) is 1. The highest BCUT2D eigenvalue weighted by atomic mass is 16.4. The highest BCUT2D eigenvalue weighted by Gasteiger charge is 2.19. The summed E-state index contributed by atoms with van der Waals surface area (Å²) in [4.78, 5) is 31.8. The largest absolute Gasteiger partial charge is 0.436 e. The fraction of sp³-hybridized carbons (Fsp3) is 0.179. The molecule has 0 atom stereocenters. The molecule has 0 aliphatic heterocycles. The van der Waals surface area contributed by atoms with Gasteiger partial charge in [-0.25, -0.2) is 4.98 Å². The summed E-state index contributed by atoms with van der Waals surface area (Å²) < 4.78 is 5.97. The highest BCUT2D eigenvalue weighted by Crippen LogP contribution is 2.28. The molecule has 6 nitrogen and oxygen atoms in total. The molecule has 0 fully saturated rings. The van der Waals surface area contributed by atoms with Crippen LogP contribution in [0, 0.1) is 6.92 Å². The number of benzene rings is 3. The van der Waals surface area contributed by atoms with Gasteiger partial charge in [-0.1, -0.05) is 72.3 Å². The zero-order valence-electron chi connectivity index (χ0n) is 19.3. The van der Waals surface area contributed by atoms with Gasteiger partial charge in [-0.05, 0) is 31.5 Å². The van der Waals surface area contributed by atoms with Crippen molar-refractivity contribution in [3.05, 3.63) is 102 Å². The van der Waals surface area contributed by atoms with E-state index < -0.39 is 0 Å². The first kappa shape index (κ1) is 23.0. The molecular weight excluding hydrogens is 426 g/mol. The standard InChI is InChI=1S/C28H27N3O3/c1-3-31(19-21-9-5-4-6-10-21)26(32)18-29-27(33)23-11-7-8-12-24(23)28-30-17-25(34-28)22-15-13-20(2)14-16-22/h4-17H,3,18-19H2,1-2H3,(H,29,33). The van der Waals surface area contributed by atoms with E-state index in [1.165, 1.54) is 0 Å². The van der Waals surface area contributed by atoms with Gasteiger partial charge >= 0.3 is 0 Å². The molecule has 0 unspecified atom stereocenters. The predicted molar refractivity (Wildman–Crippen MR) is 132 cm³/mol. The van der Waals surface area contributed by atoms with Crippen LogP contribution in [0.25, 0.3) is 22.8 Å². The molecule has 4 rings (SSSR count). The molecule has 4 aromatic rings. The fourth-order valence-corrected chi connectivity index (χ4v) is 3.66.